The lowest BCUT2D eigenvalue weighted by molar-refractivity contribution is 0.0261. The number of carbonyl (C=O) groups is 1. The van der Waals surface area contributed by atoms with Gasteiger partial charge in [-0.15, -0.1) is 0 Å². The van der Waals surface area contributed by atoms with Crippen molar-refractivity contribution in [3.05, 3.63) is 30.1 Å². The van der Waals surface area contributed by atoms with E-state index in [1.165, 1.54) is 0 Å². The van der Waals surface area contributed by atoms with E-state index < -0.39 is 0 Å². The van der Waals surface area contributed by atoms with Crippen LogP contribution in [0.5, 0.6) is 0 Å². The highest BCUT2D eigenvalue weighted by atomic mass is 16.3. The third kappa shape index (κ3) is 5.01. The average molecular weight is 291 g/mol. The average Bonchev–Trinajstić information content (AvgIpc) is 2.45. The zero-order chi connectivity index (χ0) is 15.1. The summed E-state index contributed by atoms with van der Waals surface area (Å²) in [5.41, 5.74) is 0.970. The normalized spacial score (nSPS) is 22.2. The van der Waals surface area contributed by atoms with Gasteiger partial charge in [0, 0.05) is 30.9 Å². The fourth-order valence-corrected chi connectivity index (χ4v) is 2.64. The summed E-state index contributed by atoms with van der Waals surface area (Å²) < 4.78 is 0. The summed E-state index contributed by atoms with van der Waals surface area (Å²) in [4.78, 5) is 16.3. The van der Waals surface area contributed by atoms with Gasteiger partial charge in [-0.2, -0.15) is 0 Å². The summed E-state index contributed by atoms with van der Waals surface area (Å²) in [6.07, 6.45) is 5.82. The standard InChI is InChI=1S/C16H25N3O2/c1-2-3-7-18-16(21)19-15(12-9-14(20)10-12)11-13-6-4-5-8-17-13/h4-6,8,12,14-15,20H,2-3,7,9-11H2,1H3,(H2,18,19,21)/t12?,14?,15-/m0/s1. The molecule has 0 bridgehead atoms. The minimum absolute atomic E-state index is 0.0323. The second-order valence-corrected chi connectivity index (χ2v) is 5.77. The lowest BCUT2D eigenvalue weighted by Gasteiger charge is -2.38. The molecule has 0 spiro atoms. The Morgan fingerprint density at radius 1 is 1.48 bits per heavy atom. The highest BCUT2D eigenvalue weighted by Crippen LogP contribution is 2.31. The molecule has 1 heterocycles. The summed E-state index contributed by atoms with van der Waals surface area (Å²) in [6, 6.07) is 5.72. The Labute approximate surface area is 126 Å². The van der Waals surface area contributed by atoms with Crippen molar-refractivity contribution in [3.63, 3.8) is 0 Å². The van der Waals surface area contributed by atoms with Crippen molar-refractivity contribution >= 4 is 6.03 Å². The molecule has 0 aromatic carbocycles. The third-order valence-corrected chi connectivity index (χ3v) is 4.01. The molecule has 1 fully saturated rings. The van der Waals surface area contributed by atoms with Gasteiger partial charge >= 0.3 is 6.03 Å². The van der Waals surface area contributed by atoms with Crippen molar-refractivity contribution in [1.82, 2.24) is 15.6 Å². The van der Waals surface area contributed by atoms with Crippen molar-refractivity contribution < 1.29 is 9.90 Å². The quantitative estimate of drug-likeness (QED) is 0.671. The number of aliphatic hydroxyl groups excluding tert-OH is 1. The van der Waals surface area contributed by atoms with Gasteiger partial charge in [-0.25, -0.2) is 4.79 Å². The van der Waals surface area contributed by atoms with E-state index in [-0.39, 0.29) is 18.2 Å². The summed E-state index contributed by atoms with van der Waals surface area (Å²) in [5, 5.41) is 15.4. The number of nitrogens with one attached hydrogen (secondary N) is 2. The number of amides is 2. The van der Waals surface area contributed by atoms with E-state index in [0.717, 1.165) is 31.4 Å². The van der Waals surface area contributed by atoms with Gasteiger partial charge in [-0.05, 0) is 37.3 Å². The number of urea groups is 1. The van der Waals surface area contributed by atoms with Gasteiger partial charge in [-0.3, -0.25) is 4.98 Å². The molecule has 2 rings (SSSR count). The molecule has 1 saturated carbocycles. The predicted molar refractivity (Wildman–Crippen MR) is 81.9 cm³/mol. The first-order chi connectivity index (χ1) is 10.2. The van der Waals surface area contributed by atoms with Gasteiger partial charge in [0.15, 0.2) is 0 Å². The van der Waals surface area contributed by atoms with Crippen LogP contribution in [0.15, 0.2) is 24.4 Å². The summed E-state index contributed by atoms with van der Waals surface area (Å²) in [6.45, 7) is 2.80. The second kappa shape index (κ2) is 7.98. The number of aromatic nitrogens is 1. The molecular formula is C16H25N3O2. The van der Waals surface area contributed by atoms with Crippen LogP contribution in [0.2, 0.25) is 0 Å². The SMILES string of the molecule is CCCCNC(=O)N[C@@H](Cc1ccccn1)C1CC(O)C1. The van der Waals surface area contributed by atoms with Crippen molar-refractivity contribution in [2.24, 2.45) is 5.92 Å². The number of unbranched alkanes of at least 4 members (excludes halogenated alkanes) is 1. The minimum Gasteiger partial charge on any atom is -0.393 e. The molecular weight excluding hydrogens is 266 g/mol. The summed E-state index contributed by atoms with van der Waals surface area (Å²) in [7, 11) is 0. The first kappa shape index (κ1) is 15.8. The number of rotatable bonds is 7. The highest BCUT2D eigenvalue weighted by molar-refractivity contribution is 5.74. The van der Waals surface area contributed by atoms with E-state index >= 15 is 0 Å². The van der Waals surface area contributed by atoms with Gasteiger partial charge in [0.1, 0.15) is 0 Å². The molecule has 1 aromatic heterocycles. The van der Waals surface area contributed by atoms with Gasteiger partial charge in [0.2, 0.25) is 0 Å². The molecule has 5 heteroatoms. The largest absolute Gasteiger partial charge is 0.393 e. The first-order valence-electron chi connectivity index (χ1n) is 7.81. The van der Waals surface area contributed by atoms with Crippen LogP contribution in [0, 0.1) is 5.92 Å². The van der Waals surface area contributed by atoms with Gasteiger partial charge < -0.3 is 15.7 Å². The lowest BCUT2D eigenvalue weighted by Crippen LogP contribution is -2.51. The Kier molecular flexibility index (Phi) is 5.99. The fourth-order valence-electron chi connectivity index (χ4n) is 2.64. The second-order valence-electron chi connectivity index (χ2n) is 5.77. The highest BCUT2D eigenvalue weighted by Gasteiger charge is 2.34. The summed E-state index contributed by atoms with van der Waals surface area (Å²) >= 11 is 0. The van der Waals surface area contributed by atoms with Gasteiger partial charge in [-0.1, -0.05) is 19.4 Å². The molecule has 5 nitrogen and oxygen atoms in total. The topological polar surface area (TPSA) is 74.2 Å². The molecule has 0 aliphatic heterocycles. The molecule has 0 unspecified atom stereocenters. The molecule has 1 atom stereocenters. The molecule has 0 saturated heterocycles. The smallest absolute Gasteiger partial charge is 0.315 e. The lowest BCUT2D eigenvalue weighted by atomic mass is 9.76. The van der Waals surface area contributed by atoms with Crippen LogP contribution in [0.1, 0.15) is 38.3 Å². The molecule has 0 radical (unpaired) electrons. The minimum atomic E-state index is -0.216. The van der Waals surface area contributed by atoms with Crippen molar-refractivity contribution in [2.75, 3.05) is 6.54 Å². The Balaban J connectivity index is 1.88. The Hall–Kier alpha value is -1.62. The van der Waals surface area contributed by atoms with Gasteiger partial charge in [0.05, 0.1) is 6.10 Å². The van der Waals surface area contributed by atoms with E-state index in [1.807, 2.05) is 18.2 Å². The molecule has 3 N–H and O–H groups in total. The molecule has 1 aromatic rings. The van der Waals surface area contributed by atoms with E-state index in [2.05, 4.69) is 22.5 Å². The number of hydrogen-bond acceptors (Lipinski definition) is 3. The molecule has 1 aliphatic carbocycles. The first-order valence-corrected chi connectivity index (χ1v) is 7.81. The number of nitrogens with zero attached hydrogens (tertiary/aromatic N) is 1. The van der Waals surface area contributed by atoms with Crippen molar-refractivity contribution in [1.29, 1.82) is 0 Å². The predicted octanol–water partition coefficient (Wildman–Crippen LogP) is 1.86. The van der Waals surface area contributed by atoms with E-state index in [1.54, 1.807) is 6.20 Å². The fraction of sp³-hybridized carbons (Fsp3) is 0.625. The van der Waals surface area contributed by atoms with Crippen molar-refractivity contribution in [3.8, 4) is 0 Å². The van der Waals surface area contributed by atoms with Crippen LogP contribution in [0.3, 0.4) is 0 Å². The number of carbonyl (C=O) groups excluding carboxylic acids is 1. The maximum atomic E-state index is 11.9. The third-order valence-electron chi connectivity index (χ3n) is 4.01. The van der Waals surface area contributed by atoms with Crippen LogP contribution in [0.25, 0.3) is 0 Å². The Bertz CT molecular complexity index is 432. The van der Waals surface area contributed by atoms with Gasteiger partial charge in [0.25, 0.3) is 0 Å². The van der Waals surface area contributed by atoms with Crippen LogP contribution in [-0.2, 0) is 6.42 Å². The maximum absolute atomic E-state index is 11.9. The summed E-state index contributed by atoms with van der Waals surface area (Å²) in [5.74, 6) is 0.332. The number of aliphatic hydroxyl groups is 1. The molecule has 116 valence electrons. The molecule has 2 amide bonds. The Morgan fingerprint density at radius 3 is 2.90 bits per heavy atom. The van der Waals surface area contributed by atoms with E-state index in [0.29, 0.717) is 18.9 Å². The van der Waals surface area contributed by atoms with Crippen molar-refractivity contribution in [2.45, 2.75) is 51.2 Å². The number of hydrogen-bond donors (Lipinski definition) is 3. The zero-order valence-electron chi connectivity index (χ0n) is 12.6. The molecule has 21 heavy (non-hydrogen) atoms. The van der Waals surface area contributed by atoms with Crippen LogP contribution in [0.4, 0.5) is 4.79 Å². The number of pyridine rings is 1. The zero-order valence-corrected chi connectivity index (χ0v) is 12.6. The van der Waals surface area contributed by atoms with E-state index in [4.69, 9.17) is 0 Å². The monoisotopic (exact) mass is 291 g/mol. The van der Waals surface area contributed by atoms with E-state index in [9.17, 15) is 9.90 Å². The van der Waals surface area contributed by atoms with Crippen LogP contribution in [-0.4, -0.2) is 34.8 Å². The van der Waals surface area contributed by atoms with Crippen LogP contribution >= 0.6 is 0 Å². The molecule has 1 aliphatic rings. The maximum Gasteiger partial charge on any atom is 0.315 e. The Morgan fingerprint density at radius 2 is 2.29 bits per heavy atom. The van der Waals surface area contributed by atoms with Crippen LogP contribution < -0.4 is 10.6 Å².